The fourth-order valence-corrected chi connectivity index (χ4v) is 3.45. The molecule has 9 heteroatoms. The highest BCUT2D eigenvalue weighted by molar-refractivity contribution is 9.10. The maximum Gasteiger partial charge on any atom is 0.175 e. The van der Waals surface area contributed by atoms with E-state index in [4.69, 9.17) is 32.7 Å². The molecule has 3 rings (SSSR count). The molecule has 0 radical (unpaired) electrons. The number of benzene rings is 2. The number of halogens is 3. The van der Waals surface area contributed by atoms with Gasteiger partial charge in [-0.15, -0.1) is 10.2 Å². The second-order valence-electron chi connectivity index (χ2n) is 5.57. The highest BCUT2D eigenvalue weighted by Crippen LogP contribution is 2.38. The standard InChI is InChI=1S/C18H17BrCl2N4O2/c1-2-26-17-6-12(8-24-25-10-22-23-11-25)5-15(19)18(17)27-9-13-3-4-14(20)7-16(13)21/h3-7,10-11,24H,2,8-9H2,1H3. The Kier molecular flexibility index (Phi) is 6.82. The lowest BCUT2D eigenvalue weighted by atomic mass is 10.2. The molecule has 142 valence electrons. The first-order chi connectivity index (χ1) is 13.1. The molecule has 1 heterocycles. The summed E-state index contributed by atoms with van der Waals surface area (Å²) in [4.78, 5) is 0. The summed E-state index contributed by atoms with van der Waals surface area (Å²) in [6.07, 6.45) is 3.18. The Morgan fingerprint density at radius 1 is 1.11 bits per heavy atom. The smallest absolute Gasteiger partial charge is 0.175 e. The van der Waals surface area contributed by atoms with Crippen LogP contribution < -0.4 is 14.9 Å². The number of hydrogen-bond acceptors (Lipinski definition) is 5. The Bertz CT molecular complexity index is 907. The van der Waals surface area contributed by atoms with E-state index in [9.17, 15) is 0 Å². The van der Waals surface area contributed by atoms with Crippen LogP contribution in [0.1, 0.15) is 18.1 Å². The molecule has 0 fully saturated rings. The van der Waals surface area contributed by atoms with Crippen LogP contribution in [-0.4, -0.2) is 21.5 Å². The van der Waals surface area contributed by atoms with Crippen molar-refractivity contribution >= 4 is 39.1 Å². The molecule has 1 aromatic heterocycles. The zero-order valence-corrected chi connectivity index (χ0v) is 17.6. The first-order valence-corrected chi connectivity index (χ1v) is 9.72. The minimum absolute atomic E-state index is 0.299. The number of ether oxygens (including phenoxy) is 2. The van der Waals surface area contributed by atoms with Crippen molar-refractivity contribution in [1.82, 2.24) is 14.9 Å². The van der Waals surface area contributed by atoms with Gasteiger partial charge in [-0.2, -0.15) is 0 Å². The molecule has 0 atom stereocenters. The number of nitrogens with one attached hydrogen (secondary N) is 1. The SMILES string of the molecule is CCOc1cc(CNn2cnnc2)cc(Br)c1OCc1ccc(Cl)cc1Cl. The van der Waals surface area contributed by atoms with E-state index < -0.39 is 0 Å². The third kappa shape index (κ3) is 5.28. The highest BCUT2D eigenvalue weighted by atomic mass is 79.9. The first kappa shape index (κ1) is 19.8. The maximum absolute atomic E-state index is 6.22. The van der Waals surface area contributed by atoms with Crippen molar-refractivity contribution in [3.63, 3.8) is 0 Å². The average molecular weight is 472 g/mol. The Balaban J connectivity index is 1.76. The highest BCUT2D eigenvalue weighted by Gasteiger charge is 2.13. The van der Waals surface area contributed by atoms with Crippen molar-refractivity contribution < 1.29 is 9.47 Å². The van der Waals surface area contributed by atoms with Crippen LogP contribution in [-0.2, 0) is 13.2 Å². The number of aromatic nitrogens is 3. The third-order valence-corrected chi connectivity index (χ3v) is 4.82. The van der Waals surface area contributed by atoms with Gasteiger partial charge in [-0.3, -0.25) is 0 Å². The number of nitrogens with zero attached hydrogens (tertiary/aromatic N) is 3. The zero-order valence-electron chi connectivity index (χ0n) is 14.5. The Hall–Kier alpha value is -1.96. The van der Waals surface area contributed by atoms with Gasteiger partial charge in [-0.1, -0.05) is 29.3 Å². The Morgan fingerprint density at radius 2 is 1.89 bits per heavy atom. The van der Waals surface area contributed by atoms with Crippen LogP contribution >= 0.6 is 39.1 Å². The molecule has 0 amide bonds. The topological polar surface area (TPSA) is 61.2 Å². The van der Waals surface area contributed by atoms with Gasteiger partial charge < -0.3 is 14.9 Å². The van der Waals surface area contributed by atoms with Crippen molar-refractivity contribution in [3.8, 4) is 11.5 Å². The van der Waals surface area contributed by atoms with Crippen molar-refractivity contribution in [3.05, 3.63) is 68.6 Å². The van der Waals surface area contributed by atoms with Gasteiger partial charge in [0.15, 0.2) is 11.5 Å². The summed E-state index contributed by atoms with van der Waals surface area (Å²) >= 11 is 15.7. The summed E-state index contributed by atoms with van der Waals surface area (Å²) in [5.74, 6) is 1.27. The van der Waals surface area contributed by atoms with Crippen LogP contribution in [0.2, 0.25) is 10.0 Å². The van der Waals surface area contributed by atoms with Crippen LogP contribution in [0.25, 0.3) is 0 Å². The molecule has 0 unspecified atom stereocenters. The molecule has 6 nitrogen and oxygen atoms in total. The Morgan fingerprint density at radius 3 is 2.59 bits per heavy atom. The Labute approximate surface area is 175 Å². The molecule has 2 aromatic carbocycles. The molecular formula is C18H17BrCl2N4O2. The minimum atomic E-state index is 0.299. The van der Waals surface area contributed by atoms with Gasteiger partial charge in [0.2, 0.25) is 0 Å². The van der Waals surface area contributed by atoms with Crippen molar-refractivity contribution in [2.24, 2.45) is 0 Å². The van der Waals surface area contributed by atoms with E-state index in [2.05, 4.69) is 31.6 Å². The molecule has 27 heavy (non-hydrogen) atoms. The van der Waals surface area contributed by atoms with Gasteiger partial charge in [0.05, 0.1) is 17.6 Å². The summed E-state index contributed by atoms with van der Waals surface area (Å²) in [5, 5.41) is 8.66. The summed E-state index contributed by atoms with van der Waals surface area (Å²) in [5.41, 5.74) is 5.02. The fourth-order valence-electron chi connectivity index (χ4n) is 2.38. The van der Waals surface area contributed by atoms with E-state index >= 15 is 0 Å². The molecule has 0 bridgehead atoms. The summed E-state index contributed by atoms with van der Waals surface area (Å²) in [6.45, 7) is 3.32. The second-order valence-corrected chi connectivity index (χ2v) is 7.26. The van der Waals surface area contributed by atoms with E-state index in [-0.39, 0.29) is 0 Å². The molecule has 1 N–H and O–H groups in total. The predicted octanol–water partition coefficient (Wildman–Crippen LogP) is 5.07. The van der Waals surface area contributed by atoms with Gasteiger partial charge in [-0.25, -0.2) is 4.68 Å². The lowest BCUT2D eigenvalue weighted by molar-refractivity contribution is 0.267. The predicted molar refractivity (Wildman–Crippen MR) is 109 cm³/mol. The fraction of sp³-hybridized carbons (Fsp3) is 0.222. The van der Waals surface area contributed by atoms with Gasteiger partial charge in [0.25, 0.3) is 0 Å². The van der Waals surface area contributed by atoms with Crippen molar-refractivity contribution in [2.45, 2.75) is 20.1 Å². The lowest BCUT2D eigenvalue weighted by Crippen LogP contribution is -2.12. The summed E-state index contributed by atoms with van der Waals surface area (Å²) in [6, 6.07) is 9.23. The van der Waals surface area contributed by atoms with E-state index in [0.29, 0.717) is 41.3 Å². The monoisotopic (exact) mass is 470 g/mol. The molecule has 0 aliphatic rings. The van der Waals surface area contributed by atoms with Gasteiger partial charge >= 0.3 is 0 Å². The minimum Gasteiger partial charge on any atom is -0.490 e. The molecule has 0 saturated carbocycles. The normalized spacial score (nSPS) is 10.7. The van der Waals surface area contributed by atoms with E-state index in [1.807, 2.05) is 25.1 Å². The molecule has 0 saturated heterocycles. The summed E-state index contributed by atoms with van der Waals surface area (Å²) < 4.78 is 14.2. The molecule has 0 aliphatic heterocycles. The molecule has 0 spiro atoms. The van der Waals surface area contributed by atoms with Gasteiger partial charge in [0.1, 0.15) is 19.3 Å². The van der Waals surface area contributed by atoms with Crippen LogP contribution in [0, 0.1) is 0 Å². The van der Waals surface area contributed by atoms with Crippen molar-refractivity contribution in [1.29, 1.82) is 0 Å². The zero-order chi connectivity index (χ0) is 19.2. The summed E-state index contributed by atoms with van der Waals surface area (Å²) in [7, 11) is 0. The van der Waals surface area contributed by atoms with Gasteiger partial charge in [-0.05, 0) is 52.7 Å². The largest absolute Gasteiger partial charge is 0.490 e. The maximum atomic E-state index is 6.22. The second kappa shape index (κ2) is 9.30. The van der Waals surface area contributed by atoms with Crippen LogP contribution in [0.4, 0.5) is 0 Å². The molecule has 3 aromatic rings. The van der Waals surface area contributed by atoms with Crippen LogP contribution in [0.3, 0.4) is 0 Å². The first-order valence-electron chi connectivity index (χ1n) is 8.17. The van der Waals surface area contributed by atoms with E-state index in [0.717, 1.165) is 15.6 Å². The number of hydrogen-bond donors (Lipinski definition) is 1. The van der Waals surface area contributed by atoms with Crippen LogP contribution in [0.15, 0.2) is 47.5 Å². The van der Waals surface area contributed by atoms with E-state index in [1.165, 1.54) is 0 Å². The number of rotatable bonds is 8. The lowest BCUT2D eigenvalue weighted by Gasteiger charge is -2.16. The quantitative estimate of drug-likeness (QED) is 0.497. The van der Waals surface area contributed by atoms with E-state index in [1.54, 1.807) is 29.5 Å². The van der Waals surface area contributed by atoms with Gasteiger partial charge in [0, 0.05) is 15.6 Å². The molecular weight excluding hydrogens is 455 g/mol. The van der Waals surface area contributed by atoms with Crippen LogP contribution in [0.5, 0.6) is 11.5 Å². The third-order valence-electron chi connectivity index (χ3n) is 3.64. The van der Waals surface area contributed by atoms with Crippen molar-refractivity contribution in [2.75, 3.05) is 12.0 Å². The average Bonchev–Trinajstić information content (AvgIpc) is 3.14. The molecule has 0 aliphatic carbocycles.